The van der Waals surface area contributed by atoms with E-state index in [1.165, 1.54) is 22.4 Å². The van der Waals surface area contributed by atoms with E-state index in [4.69, 9.17) is 0 Å². The highest BCUT2D eigenvalue weighted by Crippen LogP contribution is 2.37. The topological polar surface area (TPSA) is 57.3 Å². The minimum absolute atomic E-state index is 0.0267. The Kier molecular flexibility index (Phi) is 5.52. The lowest BCUT2D eigenvalue weighted by atomic mass is 9.96. The smallest absolute Gasteiger partial charge is 0.280 e. The third kappa shape index (κ3) is 4.09. The Morgan fingerprint density at radius 3 is 2.84 bits per heavy atom. The number of rotatable bonds is 5. The maximum Gasteiger partial charge on any atom is 0.280 e. The number of carbonyl (C=O) groups is 1. The zero-order chi connectivity index (χ0) is 17.8. The highest BCUT2D eigenvalue weighted by atomic mass is 32.1. The molecule has 0 bridgehead atoms. The molecule has 0 saturated carbocycles. The number of hydrogen-bond donors (Lipinski definition) is 2. The first-order valence-corrected chi connectivity index (χ1v) is 9.60. The summed E-state index contributed by atoms with van der Waals surface area (Å²) in [5.41, 5.74) is 4.36. The van der Waals surface area contributed by atoms with Gasteiger partial charge in [-0.1, -0.05) is 24.3 Å². The van der Waals surface area contributed by atoms with Gasteiger partial charge in [-0.25, -0.2) is 0 Å². The summed E-state index contributed by atoms with van der Waals surface area (Å²) in [4.78, 5) is 14.9. The Morgan fingerprint density at radius 1 is 1.32 bits per heavy atom. The first-order valence-electron chi connectivity index (χ1n) is 8.78. The van der Waals surface area contributed by atoms with Gasteiger partial charge in [0.2, 0.25) is 0 Å². The second-order valence-electron chi connectivity index (χ2n) is 6.81. The molecule has 1 aliphatic rings. The number of hydrogen-bond acceptors (Lipinski definition) is 3. The fraction of sp³-hybridized carbons (Fsp3) is 0.400. The molecule has 2 N–H and O–H groups in total. The molecule has 1 heterocycles. The van der Waals surface area contributed by atoms with Crippen molar-refractivity contribution in [1.82, 2.24) is 0 Å². The number of nitriles is 1. The Labute approximate surface area is 153 Å². The van der Waals surface area contributed by atoms with Crippen molar-refractivity contribution in [2.24, 2.45) is 0 Å². The lowest BCUT2D eigenvalue weighted by molar-refractivity contribution is -0.885. The van der Waals surface area contributed by atoms with Crippen molar-refractivity contribution < 1.29 is 9.69 Å². The zero-order valence-electron chi connectivity index (χ0n) is 14.8. The maximum atomic E-state index is 12.4. The molecule has 1 unspecified atom stereocenters. The van der Waals surface area contributed by atoms with Crippen LogP contribution in [0.4, 0.5) is 5.00 Å². The van der Waals surface area contributed by atoms with Crippen molar-refractivity contribution >= 4 is 22.2 Å². The monoisotopic (exact) mass is 354 g/mol. The SMILES string of the molecule is Cc1ccccc1C[NH+](C)CC(=O)Nc1sc2c(c1C#N)CCCC2. The lowest BCUT2D eigenvalue weighted by Crippen LogP contribution is -3.08. The molecule has 1 aromatic heterocycles. The minimum Gasteiger partial charge on any atom is -0.326 e. The van der Waals surface area contributed by atoms with Gasteiger partial charge in [0.25, 0.3) is 5.91 Å². The van der Waals surface area contributed by atoms with Gasteiger partial charge in [0, 0.05) is 10.4 Å². The van der Waals surface area contributed by atoms with Gasteiger partial charge in [-0.2, -0.15) is 5.26 Å². The highest BCUT2D eigenvalue weighted by Gasteiger charge is 2.22. The second-order valence-corrected chi connectivity index (χ2v) is 7.92. The van der Waals surface area contributed by atoms with Crippen LogP contribution in [0.15, 0.2) is 24.3 Å². The van der Waals surface area contributed by atoms with E-state index in [2.05, 4.69) is 30.4 Å². The number of quaternary nitrogens is 1. The van der Waals surface area contributed by atoms with Crippen molar-refractivity contribution in [1.29, 1.82) is 5.26 Å². The van der Waals surface area contributed by atoms with Crippen molar-refractivity contribution in [2.75, 3.05) is 18.9 Å². The van der Waals surface area contributed by atoms with Crippen molar-refractivity contribution in [3.63, 3.8) is 0 Å². The van der Waals surface area contributed by atoms with Crippen LogP contribution in [0.5, 0.6) is 0 Å². The number of likely N-dealkylation sites (N-methyl/N-ethyl adjacent to an activating group) is 1. The standard InChI is InChI=1S/C20H23N3OS/c1-14-7-3-4-8-15(14)12-23(2)13-19(24)22-20-17(11-21)16-9-5-6-10-18(16)25-20/h3-4,7-8H,5-6,9-10,12-13H2,1-2H3,(H,22,24)/p+1. The van der Waals surface area contributed by atoms with E-state index in [9.17, 15) is 10.1 Å². The highest BCUT2D eigenvalue weighted by molar-refractivity contribution is 7.16. The molecule has 2 aromatic rings. The van der Waals surface area contributed by atoms with Gasteiger partial charge in [-0.05, 0) is 43.7 Å². The van der Waals surface area contributed by atoms with Gasteiger partial charge in [0.1, 0.15) is 17.6 Å². The number of amides is 1. The number of nitrogens with one attached hydrogen (secondary N) is 2. The Balaban J connectivity index is 1.64. The molecule has 4 nitrogen and oxygen atoms in total. The van der Waals surface area contributed by atoms with Crippen LogP contribution < -0.4 is 10.2 Å². The van der Waals surface area contributed by atoms with Gasteiger partial charge >= 0.3 is 0 Å². The van der Waals surface area contributed by atoms with Crippen LogP contribution in [0.1, 0.15) is 40.0 Å². The average molecular weight is 354 g/mol. The first kappa shape index (κ1) is 17.7. The molecule has 5 heteroatoms. The third-order valence-electron chi connectivity index (χ3n) is 4.75. The molecular weight excluding hydrogens is 330 g/mol. The molecule has 0 radical (unpaired) electrons. The number of benzene rings is 1. The second kappa shape index (κ2) is 7.81. The first-order chi connectivity index (χ1) is 12.1. The number of anilines is 1. The largest absolute Gasteiger partial charge is 0.326 e. The number of fused-ring (bicyclic) bond motifs is 1. The predicted octanol–water partition coefficient (Wildman–Crippen LogP) is 2.46. The predicted molar refractivity (Wildman–Crippen MR) is 101 cm³/mol. The molecule has 1 aromatic carbocycles. The summed E-state index contributed by atoms with van der Waals surface area (Å²) in [7, 11) is 2.02. The summed E-state index contributed by atoms with van der Waals surface area (Å²) in [6, 6.07) is 10.6. The Hall–Kier alpha value is -2.16. The van der Waals surface area contributed by atoms with Gasteiger partial charge in [-0.15, -0.1) is 11.3 Å². The fourth-order valence-corrected chi connectivity index (χ4v) is 4.67. The Bertz CT molecular complexity index is 819. The van der Waals surface area contributed by atoms with Crippen LogP contribution >= 0.6 is 11.3 Å². The lowest BCUT2D eigenvalue weighted by Gasteiger charge is -2.15. The Morgan fingerprint density at radius 2 is 2.08 bits per heavy atom. The fourth-order valence-electron chi connectivity index (χ4n) is 3.41. The van der Waals surface area contributed by atoms with Crippen LogP contribution in [0.2, 0.25) is 0 Å². The molecule has 25 heavy (non-hydrogen) atoms. The molecule has 0 saturated heterocycles. The van der Waals surface area contributed by atoms with Gasteiger partial charge < -0.3 is 10.2 Å². The molecular formula is C20H24N3OS+. The van der Waals surface area contributed by atoms with Crippen molar-refractivity contribution in [3.05, 3.63) is 51.4 Å². The number of nitrogens with zero attached hydrogens (tertiary/aromatic N) is 1. The van der Waals surface area contributed by atoms with E-state index in [0.717, 1.165) is 41.3 Å². The van der Waals surface area contributed by atoms with Crippen molar-refractivity contribution in [2.45, 2.75) is 39.2 Å². The average Bonchev–Trinajstić information content (AvgIpc) is 2.93. The number of aryl methyl sites for hydroxylation is 2. The van der Waals surface area contributed by atoms with E-state index in [0.29, 0.717) is 12.1 Å². The van der Waals surface area contributed by atoms with Crippen LogP contribution in [0.3, 0.4) is 0 Å². The molecule has 1 aliphatic carbocycles. The normalized spacial score (nSPS) is 14.4. The van der Waals surface area contributed by atoms with E-state index in [1.807, 2.05) is 19.2 Å². The summed E-state index contributed by atoms with van der Waals surface area (Å²) >= 11 is 1.58. The summed E-state index contributed by atoms with van der Waals surface area (Å²) in [5.74, 6) is -0.0267. The minimum atomic E-state index is -0.0267. The van der Waals surface area contributed by atoms with E-state index >= 15 is 0 Å². The zero-order valence-corrected chi connectivity index (χ0v) is 15.6. The van der Waals surface area contributed by atoms with Crippen LogP contribution in [-0.2, 0) is 24.2 Å². The number of thiophene rings is 1. The van der Waals surface area contributed by atoms with Crippen LogP contribution in [0, 0.1) is 18.3 Å². The van der Waals surface area contributed by atoms with E-state index in [1.54, 1.807) is 11.3 Å². The molecule has 1 amide bonds. The van der Waals surface area contributed by atoms with Gasteiger partial charge in [0.15, 0.2) is 6.54 Å². The van der Waals surface area contributed by atoms with E-state index in [-0.39, 0.29) is 5.91 Å². The maximum absolute atomic E-state index is 12.4. The molecule has 0 aliphatic heterocycles. The quantitative estimate of drug-likeness (QED) is 0.867. The summed E-state index contributed by atoms with van der Waals surface area (Å²) in [5, 5.41) is 13.2. The molecule has 0 spiro atoms. The van der Waals surface area contributed by atoms with Gasteiger partial charge in [-0.3, -0.25) is 4.79 Å². The third-order valence-corrected chi connectivity index (χ3v) is 5.96. The molecule has 1 atom stereocenters. The molecule has 3 rings (SSSR count). The van der Waals surface area contributed by atoms with Crippen LogP contribution in [-0.4, -0.2) is 19.5 Å². The summed E-state index contributed by atoms with van der Waals surface area (Å²) < 4.78 is 0. The summed E-state index contributed by atoms with van der Waals surface area (Å²) in [6.45, 7) is 3.30. The van der Waals surface area contributed by atoms with E-state index < -0.39 is 0 Å². The molecule has 130 valence electrons. The summed E-state index contributed by atoms with van der Waals surface area (Å²) in [6.07, 6.45) is 4.30. The van der Waals surface area contributed by atoms with Crippen LogP contribution in [0.25, 0.3) is 0 Å². The molecule has 0 fully saturated rings. The van der Waals surface area contributed by atoms with Gasteiger partial charge in [0.05, 0.1) is 12.6 Å². The van der Waals surface area contributed by atoms with Crippen molar-refractivity contribution in [3.8, 4) is 6.07 Å². The number of carbonyl (C=O) groups excluding carboxylic acids is 1.